The second-order valence-corrected chi connectivity index (χ2v) is 2.36. The molecule has 1 N–H and O–H groups in total. The molecule has 0 saturated carbocycles. The topological polar surface area (TPSA) is 49.7 Å². The molecule has 0 saturated heterocycles. The molecular formula is C7H12ClNO2S. The molecule has 0 bridgehead atoms. The predicted octanol–water partition coefficient (Wildman–Crippen LogP) is 2.16. The summed E-state index contributed by atoms with van der Waals surface area (Å²) in [6.07, 6.45) is 2.77. The number of unbranched alkanes of at least 4 members (excludes halogenated alkanes) is 2. The quantitative estimate of drug-likeness (QED) is 0.414. The van der Waals surface area contributed by atoms with Crippen LogP contribution in [-0.4, -0.2) is 22.8 Å². The lowest BCUT2D eigenvalue weighted by Crippen LogP contribution is -1.93. The normalized spacial score (nSPS) is 8.00. The number of isothiocyanates is 1. The minimum atomic E-state index is -0.733. The van der Waals surface area contributed by atoms with E-state index >= 15 is 0 Å². The van der Waals surface area contributed by atoms with E-state index in [0.29, 0.717) is 6.54 Å². The minimum absolute atomic E-state index is 0. The van der Waals surface area contributed by atoms with Gasteiger partial charge >= 0.3 is 5.97 Å². The van der Waals surface area contributed by atoms with Crippen molar-refractivity contribution in [3.8, 4) is 0 Å². The largest absolute Gasteiger partial charge is 0.481 e. The maximum atomic E-state index is 10.0. The van der Waals surface area contributed by atoms with Crippen molar-refractivity contribution in [1.82, 2.24) is 0 Å². The van der Waals surface area contributed by atoms with Gasteiger partial charge in [0.05, 0.1) is 5.16 Å². The van der Waals surface area contributed by atoms with Gasteiger partial charge in [0.1, 0.15) is 0 Å². The molecule has 0 aliphatic rings. The van der Waals surface area contributed by atoms with Crippen LogP contribution in [0.25, 0.3) is 0 Å². The van der Waals surface area contributed by atoms with E-state index in [1.54, 1.807) is 0 Å². The Hall–Kier alpha value is -0.440. The van der Waals surface area contributed by atoms with Gasteiger partial charge in [-0.1, -0.05) is 6.42 Å². The molecule has 0 radical (unpaired) electrons. The number of carboxylic acid groups (broad SMARTS) is 1. The molecule has 0 atom stereocenters. The smallest absolute Gasteiger partial charge is 0.303 e. The molecule has 0 spiro atoms. The highest BCUT2D eigenvalue weighted by molar-refractivity contribution is 7.78. The fourth-order valence-corrected chi connectivity index (χ4v) is 0.781. The summed E-state index contributed by atoms with van der Waals surface area (Å²) in [6.45, 7) is 0.670. The standard InChI is InChI=1S/C7H11NO2S.ClH/c9-7(10)4-2-1-3-5-8-6-11;/h1-5H2,(H,9,10);1H. The Labute approximate surface area is 83.3 Å². The van der Waals surface area contributed by atoms with Crippen molar-refractivity contribution in [2.75, 3.05) is 6.54 Å². The van der Waals surface area contributed by atoms with Crippen molar-refractivity contribution in [1.29, 1.82) is 0 Å². The first-order chi connectivity index (χ1) is 5.27. The van der Waals surface area contributed by atoms with Crippen LogP contribution in [0.2, 0.25) is 0 Å². The number of hydrogen-bond donors (Lipinski definition) is 1. The molecule has 0 aliphatic carbocycles. The highest BCUT2D eigenvalue weighted by Gasteiger charge is 1.94. The Bertz CT molecular complexity index is 165. The highest BCUT2D eigenvalue weighted by Crippen LogP contribution is 1.99. The average molecular weight is 210 g/mol. The van der Waals surface area contributed by atoms with Crippen LogP contribution in [0, 0.1) is 0 Å². The van der Waals surface area contributed by atoms with Crippen molar-refractivity contribution in [2.24, 2.45) is 4.99 Å². The van der Waals surface area contributed by atoms with E-state index in [9.17, 15) is 4.79 Å². The molecule has 12 heavy (non-hydrogen) atoms. The van der Waals surface area contributed by atoms with Crippen LogP contribution in [0.1, 0.15) is 25.7 Å². The number of aliphatic imine (C=N–C) groups is 1. The molecule has 0 fully saturated rings. The van der Waals surface area contributed by atoms with Crippen LogP contribution in [0.15, 0.2) is 4.99 Å². The number of carboxylic acids is 1. The SMILES string of the molecule is Cl.O=C(O)CCCCCN=C=S. The number of thiocarbonyl (C=S) groups is 1. The third-order valence-corrected chi connectivity index (χ3v) is 1.35. The molecule has 3 nitrogen and oxygen atoms in total. The van der Waals surface area contributed by atoms with Crippen LogP contribution >= 0.6 is 24.6 Å². The van der Waals surface area contributed by atoms with Gasteiger partial charge in [0.25, 0.3) is 0 Å². The van der Waals surface area contributed by atoms with Gasteiger partial charge in [0, 0.05) is 13.0 Å². The van der Waals surface area contributed by atoms with E-state index in [4.69, 9.17) is 5.11 Å². The predicted molar refractivity (Wildman–Crippen MR) is 53.2 cm³/mol. The summed E-state index contributed by atoms with van der Waals surface area (Å²) in [6, 6.07) is 0. The zero-order chi connectivity index (χ0) is 8.53. The van der Waals surface area contributed by atoms with Gasteiger partial charge in [-0.05, 0) is 25.1 Å². The first-order valence-corrected chi connectivity index (χ1v) is 3.93. The van der Waals surface area contributed by atoms with Gasteiger partial charge in [0.15, 0.2) is 0 Å². The van der Waals surface area contributed by atoms with Crippen molar-refractivity contribution in [3.05, 3.63) is 0 Å². The number of aliphatic carboxylic acids is 1. The zero-order valence-corrected chi connectivity index (χ0v) is 8.29. The van der Waals surface area contributed by atoms with Crippen LogP contribution in [0.4, 0.5) is 0 Å². The van der Waals surface area contributed by atoms with Crippen LogP contribution < -0.4 is 0 Å². The van der Waals surface area contributed by atoms with Gasteiger partial charge in [-0.25, -0.2) is 4.99 Å². The maximum absolute atomic E-state index is 10.0. The van der Waals surface area contributed by atoms with Gasteiger partial charge < -0.3 is 5.11 Å². The van der Waals surface area contributed by atoms with Crippen LogP contribution in [0.5, 0.6) is 0 Å². The van der Waals surface area contributed by atoms with Gasteiger partial charge in [0.2, 0.25) is 0 Å². The third kappa shape index (κ3) is 12.3. The molecule has 0 aromatic carbocycles. The van der Waals surface area contributed by atoms with E-state index in [0.717, 1.165) is 19.3 Å². The van der Waals surface area contributed by atoms with Gasteiger partial charge in [-0.2, -0.15) is 0 Å². The summed E-state index contributed by atoms with van der Waals surface area (Å²) < 4.78 is 0. The lowest BCUT2D eigenvalue weighted by atomic mass is 10.2. The number of carbonyl (C=O) groups is 1. The Morgan fingerprint density at radius 3 is 2.58 bits per heavy atom. The van der Waals surface area contributed by atoms with Gasteiger partial charge in [-0.15, -0.1) is 12.4 Å². The fourth-order valence-electron chi connectivity index (χ4n) is 0.690. The van der Waals surface area contributed by atoms with Crippen molar-refractivity contribution in [2.45, 2.75) is 25.7 Å². The van der Waals surface area contributed by atoms with Crippen molar-refractivity contribution >= 4 is 35.8 Å². The Morgan fingerprint density at radius 1 is 1.42 bits per heavy atom. The first-order valence-electron chi connectivity index (χ1n) is 3.53. The van der Waals surface area contributed by atoms with E-state index in [-0.39, 0.29) is 18.8 Å². The van der Waals surface area contributed by atoms with E-state index < -0.39 is 5.97 Å². The number of hydrogen-bond acceptors (Lipinski definition) is 3. The number of rotatable bonds is 6. The highest BCUT2D eigenvalue weighted by atomic mass is 35.5. The van der Waals surface area contributed by atoms with E-state index in [2.05, 4.69) is 22.4 Å². The Kier molecular flexibility index (Phi) is 12.4. The Morgan fingerprint density at radius 2 is 2.08 bits per heavy atom. The molecule has 0 aliphatic heterocycles. The van der Waals surface area contributed by atoms with Crippen molar-refractivity contribution in [3.63, 3.8) is 0 Å². The number of nitrogens with zero attached hydrogens (tertiary/aromatic N) is 1. The zero-order valence-electron chi connectivity index (χ0n) is 6.65. The van der Waals surface area contributed by atoms with Crippen molar-refractivity contribution < 1.29 is 9.90 Å². The second kappa shape index (κ2) is 10.6. The molecule has 70 valence electrons. The molecular weight excluding hydrogens is 198 g/mol. The molecule has 0 aromatic heterocycles. The lowest BCUT2D eigenvalue weighted by molar-refractivity contribution is -0.137. The summed E-state index contributed by atoms with van der Waals surface area (Å²) in [4.78, 5) is 13.7. The van der Waals surface area contributed by atoms with Gasteiger partial charge in [-0.3, -0.25) is 4.79 Å². The maximum Gasteiger partial charge on any atom is 0.303 e. The second-order valence-electron chi connectivity index (χ2n) is 2.18. The molecule has 0 rings (SSSR count). The summed E-state index contributed by atoms with van der Waals surface area (Å²) >= 11 is 4.36. The third-order valence-electron chi connectivity index (χ3n) is 1.23. The van der Waals surface area contributed by atoms with Crippen LogP contribution in [0.3, 0.4) is 0 Å². The summed E-state index contributed by atoms with van der Waals surface area (Å²) in [5.74, 6) is -0.733. The molecule has 0 aromatic rings. The average Bonchev–Trinajstić information content (AvgIpc) is 1.96. The number of halogens is 1. The van der Waals surface area contributed by atoms with E-state index in [1.165, 1.54) is 0 Å². The fraction of sp³-hybridized carbons (Fsp3) is 0.714. The summed E-state index contributed by atoms with van der Waals surface area (Å²) in [5, 5.41) is 10.5. The molecule has 0 heterocycles. The van der Waals surface area contributed by atoms with E-state index in [1.807, 2.05) is 0 Å². The monoisotopic (exact) mass is 209 g/mol. The molecule has 0 unspecified atom stereocenters. The summed E-state index contributed by atoms with van der Waals surface area (Å²) in [7, 11) is 0. The van der Waals surface area contributed by atoms with Crippen LogP contribution in [-0.2, 0) is 4.79 Å². The minimum Gasteiger partial charge on any atom is -0.481 e. The lowest BCUT2D eigenvalue weighted by Gasteiger charge is -1.93. The molecule has 0 amide bonds. The molecule has 5 heteroatoms. The first kappa shape index (κ1) is 14.1. The Balaban J connectivity index is 0. The summed E-state index contributed by atoms with van der Waals surface area (Å²) in [5.41, 5.74) is 0.